The van der Waals surface area contributed by atoms with Gasteiger partial charge in [-0.1, -0.05) is 11.6 Å². The number of aromatic nitrogens is 2. The van der Waals surface area contributed by atoms with Crippen LogP contribution in [0.2, 0.25) is 5.02 Å². The predicted octanol–water partition coefficient (Wildman–Crippen LogP) is 3.91. The molecule has 0 saturated carbocycles. The Hall–Kier alpha value is -1.57. The lowest BCUT2D eigenvalue weighted by molar-refractivity contribution is -0.123. The minimum Gasteiger partial charge on any atom is -0.323 e. The third-order valence-corrected chi connectivity index (χ3v) is 6.74. The molecule has 2 atom stereocenters. The van der Waals surface area contributed by atoms with E-state index in [-0.39, 0.29) is 11.9 Å². The number of anilines is 1. The number of carbonyl (C=O) groups excluding carboxylic acids is 1. The van der Waals surface area contributed by atoms with Crippen LogP contribution in [0.4, 0.5) is 10.1 Å². The SMILES string of the molecule is CSCCn1cc(CN2CCC3(CC2C)C(=O)Nc2c(F)cc(Cl)cc23)cn1. The van der Waals surface area contributed by atoms with Crippen LogP contribution in [0.25, 0.3) is 0 Å². The monoisotopic (exact) mass is 422 g/mol. The Bertz CT molecular complexity index is 904. The number of benzene rings is 1. The molecule has 1 saturated heterocycles. The van der Waals surface area contributed by atoms with E-state index in [1.54, 1.807) is 17.8 Å². The normalized spacial score (nSPS) is 24.6. The summed E-state index contributed by atoms with van der Waals surface area (Å²) in [7, 11) is 0. The average Bonchev–Trinajstić information content (AvgIpc) is 3.20. The van der Waals surface area contributed by atoms with E-state index in [0.29, 0.717) is 29.1 Å². The summed E-state index contributed by atoms with van der Waals surface area (Å²) in [5.41, 5.74) is 1.48. The maximum Gasteiger partial charge on any atom is 0.235 e. The summed E-state index contributed by atoms with van der Waals surface area (Å²) >= 11 is 7.89. The second-order valence-electron chi connectivity index (χ2n) is 7.72. The number of nitrogens with one attached hydrogen (secondary N) is 1. The molecule has 150 valence electrons. The zero-order valence-corrected chi connectivity index (χ0v) is 17.6. The first-order chi connectivity index (χ1) is 13.4. The highest BCUT2D eigenvalue weighted by Gasteiger charge is 2.51. The van der Waals surface area contributed by atoms with Crippen molar-refractivity contribution in [3.05, 3.63) is 46.5 Å². The Labute approximate surface area is 173 Å². The summed E-state index contributed by atoms with van der Waals surface area (Å²) in [6.07, 6.45) is 7.40. The Kier molecular flexibility index (Phi) is 5.42. The Morgan fingerprint density at radius 1 is 1.46 bits per heavy atom. The summed E-state index contributed by atoms with van der Waals surface area (Å²) in [6, 6.07) is 3.19. The lowest BCUT2D eigenvalue weighted by Crippen LogP contribution is -2.50. The first-order valence-electron chi connectivity index (χ1n) is 9.48. The van der Waals surface area contributed by atoms with Crippen molar-refractivity contribution in [2.45, 2.75) is 44.3 Å². The molecular weight excluding hydrogens is 399 g/mol. The highest BCUT2D eigenvalue weighted by Crippen LogP contribution is 2.48. The Morgan fingerprint density at radius 3 is 3.04 bits per heavy atom. The minimum atomic E-state index is -0.695. The molecule has 2 unspecified atom stereocenters. The van der Waals surface area contributed by atoms with Gasteiger partial charge in [0.1, 0.15) is 5.82 Å². The molecule has 0 aliphatic carbocycles. The van der Waals surface area contributed by atoms with Gasteiger partial charge in [0, 0.05) is 48.2 Å². The van der Waals surface area contributed by atoms with Gasteiger partial charge in [0.05, 0.1) is 17.3 Å². The highest BCUT2D eigenvalue weighted by molar-refractivity contribution is 7.98. The van der Waals surface area contributed by atoms with Gasteiger partial charge in [-0.05, 0) is 43.7 Å². The third-order valence-electron chi connectivity index (χ3n) is 5.93. The number of thioether (sulfide) groups is 1. The molecule has 3 heterocycles. The van der Waals surface area contributed by atoms with Crippen molar-refractivity contribution in [1.82, 2.24) is 14.7 Å². The van der Waals surface area contributed by atoms with E-state index in [0.717, 1.165) is 25.4 Å². The number of fused-ring (bicyclic) bond motifs is 2. The first kappa shape index (κ1) is 19.7. The largest absolute Gasteiger partial charge is 0.323 e. The number of piperidine rings is 1. The third kappa shape index (κ3) is 3.44. The van der Waals surface area contributed by atoms with Crippen LogP contribution in [0.1, 0.15) is 30.9 Å². The minimum absolute atomic E-state index is 0.111. The molecule has 1 spiro atoms. The van der Waals surface area contributed by atoms with Gasteiger partial charge in [-0.3, -0.25) is 14.4 Å². The number of aryl methyl sites for hydroxylation is 1. The van der Waals surface area contributed by atoms with Gasteiger partial charge in [0.2, 0.25) is 5.91 Å². The van der Waals surface area contributed by atoms with Crippen molar-refractivity contribution in [2.75, 3.05) is 23.9 Å². The number of amides is 1. The molecule has 1 fully saturated rings. The number of hydrogen-bond acceptors (Lipinski definition) is 4. The van der Waals surface area contributed by atoms with E-state index in [2.05, 4.69) is 34.7 Å². The summed E-state index contributed by atoms with van der Waals surface area (Å²) in [6.45, 7) is 4.60. The summed E-state index contributed by atoms with van der Waals surface area (Å²) < 4.78 is 16.3. The van der Waals surface area contributed by atoms with Gasteiger partial charge in [-0.15, -0.1) is 0 Å². The van der Waals surface area contributed by atoms with Gasteiger partial charge in [-0.2, -0.15) is 16.9 Å². The number of hydrogen-bond donors (Lipinski definition) is 1. The number of carbonyl (C=O) groups is 1. The van der Waals surface area contributed by atoms with E-state index in [4.69, 9.17) is 11.6 Å². The standard InChI is InChI=1S/C20H24ClFN4OS/c1-13-9-20(16-7-15(21)8-17(22)18(16)24-19(20)27)3-4-25(13)11-14-10-23-26(12-14)5-6-28-2/h7-8,10,12-13H,3-6,9,11H2,1-2H3,(H,24,27). The summed E-state index contributed by atoms with van der Waals surface area (Å²) in [4.78, 5) is 15.2. The van der Waals surface area contributed by atoms with Crippen LogP contribution in [-0.4, -0.2) is 45.2 Å². The first-order valence-corrected chi connectivity index (χ1v) is 11.3. The molecule has 2 aliphatic heterocycles. The van der Waals surface area contributed by atoms with E-state index in [1.807, 2.05) is 10.9 Å². The van der Waals surface area contributed by atoms with E-state index in [9.17, 15) is 9.18 Å². The van der Waals surface area contributed by atoms with E-state index < -0.39 is 11.2 Å². The molecule has 5 nitrogen and oxygen atoms in total. The molecule has 2 aromatic rings. The molecule has 1 N–H and O–H groups in total. The zero-order chi connectivity index (χ0) is 19.9. The summed E-state index contributed by atoms with van der Waals surface area (Å²) in [5.74, 6) is 0.470. The van der Waals surface area contributed by atoms with Crippen molar-refractivity contribution in [3.63, 3.8) is 0 Å². The average molecular weight is 423 g/mol. The smallest absolute Gasteiger partial charge is 0.235 e. The molecule has 1 aromatic carbocycles. The highest BCUT2D eigenvalue weighted by atomic mass is 35.5. The zero-order valence-electron chi connectivity index (χ0n) is 16.0. The maximum absolute atomic E-state index is 14.3. The molecule has 4 rings (SSSR count). The fourth-order valence-corrected chi connectivity index (χ4v) is 5.01. The van der Waals surface area contributed by atoms with Crippen molar-refractivity contribution in [1.29, 1.82) is 0 Å². The van der Waals surface area contributed by atoms with Crippen LogP contribution >= 0.6 is 23.4 Å². The second kappa shape index (κ2) is 7.69. The van der Waals surface area contributed by atoms with Gasteiger partial charge >= 0.3 is 0 Å². The molecule has 2 aliphatic rings. The van der Waals surface area contributed by atoms with Gasteiger partial charge in [-0.25, -0.2) is 4.39 Å². The molecule has 0 radical (unpaired) electrons. The van der Waals surface area contributed by atoms with Gasteiger partial charge in [0.15, 0.2) is 0 Å². The molecule has 1 aromatic heterocycles. The predicted molar refractivity (Wildman–Crippen MR) is 111 cm³/mol. The number of rotatable bonds is 5. The van der Waals surface area contributed by atoms with Crippen LogP contribution in [0.15, 0.2) is 24.5 Å². The van der Waals surface area contributed by atoms with E-state index >= 15 is 0 Å². The van der Waals surface area contributed by atoms with Crippen molar-refractivity contribution in [2.24, 2.45) is 0 Å². The molecule has 8 heteroatoms. The van der Waals surface area contributed by atoms with Crippen LogP contribution < -0.4 is 5.32 Å². The number of nitrogens with zero attached hydrogens (tertiary/aromatic N) is 3. The van der Waals surface area contributed by atoms with Crippen LogP contribution in [-0.2, 0) is 23.3 Å². The van der Waals surface area contributed by atoms with Crippen molar-refractivity contribution in [3.8, 4) is 0 Å². The van der Waals surface area contributed by atoms with Gasteiger partial charge in [0.25, 0.3) is 0 Å². The second-order valence-corrected chi connectivity index (χ2v) is 9.15. The molecule has 1 amide bonds. The number of likely N-dealkylation sites (tertiary alicyclic amines) is 1. The number of halogens is 2. The Morgan fingerprint density at radius 2 is 2.29 bits per heavy atom. The van der Waals surface area contributed by atoms with E-state index in [1.165, 1.54) is 11.6 Å². The van der Waals surface area contributed by atoms with Crippen LogP contribution in [0, 0.1) is 5.82 Å². The van der Waals surface area contributed by atoms with Gasteiger partial charge < -0.3 is 5.32 Å². The molecule has 28 heavy (non-hydrogen) atoms. The van der Waals surface area contributed by atoms with Crippen LogP contribution in [0.3, 0.4) is 0 Å². The summed E-state index contributed by atoms with van der Waals surface area (Å²) in [5, 5.41) is 7.52. The Balaban J connectivity index is 1.50. The van der Waals surface area contributed by atoms with Crippen LogP contribution in [0.5, 0.6) is 0 Å². The van der Waals surface area contributed by atoms with Crippen molar-refractivity contribution < 1.29 is 9.18 Å². The lowest BCUT2D eigenvalue weighted by atomic mass is 9.71. The fraction of sp³-hybridized carbons (Fsp3) is 0.500. The molecule has 0 bridgehead atoms. The lowest BCUT2D eigenvalue weighted by Gasteiger charge is -2.42. The fourth-order valence-electron chi connectivity index (χ4n) is 4.44. The quantitative estimate of drug-likeness (QED) is 0.793. The maximum atomic E-state index is 14.3. The van der Waals surface area contributed by atoms with Crippen molar-refractivity contribution >= 4 is 35.0 Å². The topological polar surface area (TPSA) is 50.2 Å². The molecular formula is C20H24ClFN4OS.